The van der Waals surface area contributed by atoms with Gasteiger partial charge in [-0.2, -0.15) is 0 Å². The number of halogens is 1. The third-order valence-corrected chi connectivity index (χ3v) is 7.31. The van der Waals surface area contributed by atoms with Gasteiger partial charge in [-0.1, -0.05) is 43.4 Å². The third-order valence-electron chi connectivity index (χ3n) is 5.12. The average molecular weight is 400 g/mol. The van der Waals surface area contributed by atoms with Crippen LogP contribution in [0.3, 0.4) is 0 Å². The van der Waals surface area contributed by atoms with Gasteiger partial charge in [-0.05, 0) is 36.1 Å². The summed E-state index contributed by atoms with van der Waals surface area (Å²) in [6.07, 6.45) is 2.55. The van der Waals surface area contributed by atoms with E-state index in [0.717, 1.165) is 46.3 Å². The number of hydrogen-bond acceptors (Lipinski definition) is 2. The fourth-order valence-electron chi connectivity index (χ4n) is 3.86. The van der Waals surface area contributed by atoms with Crippen LogP contribution >= 0.6 is 11.6 Å². The van der Waals surface area contributed by atoms with Crippen molar-refractivity contribution in [2.24, 2.45) is 0 Å². The molecule has 3 heterocycles. The van der Waals surface area contributed by atoms with E-state index in [9.17, 15) is 9.90 Å². The van der Waals surface area contributed by atoms with Crippen LogP contribution in [0, 0.1) is 0 Å². The largest absolute Gasteiger partial charge is 0.465 e. The Morgan fingerprint density at radius 3 is 2.78 bits per heavy atom. The van der Waals surface area contributed by atoms with Crippen molar-refractivity contribution in [1.82, 2.24) is 9.97 Å². The molecule has 0 fully saturated rings. The number of pyridine rings is 1. The standard InChI is InChI=1S/C20H22ClN3O2Si/c1-27(2,3)19-16(17-14(21)8-9-22-18(17)23-19)13-7-6-12-5-4-10-24(20(25)26)15(12)11-13/h6-9,11H,4-5,10H2,1-3H3,(H,22,23)(H,25,26). The molecule has 4 rings (SSSR count). The number of benzene rings is 1. The van der Waals surface area contributed by atoms with Gasteiger partial charge in [-0.15, -0.1) is 0 Å². The molecule has 2 N–H and O–H groups in total. The zero-order valence-corrected chi connectivity index (χ0v) is 17.4. The Morgan fingerprint density at radius 2 is 2.07 bits per heavy atom. The Kier molecular flexibility index (Phi) is 4.27. The molecule has 5 nitrogen and oxygen atoms in total. The molecule has 7 heteroatoms. The van der Waals surface area contributed by atoms with E-state index in [4.69, 9.17) is 11.6 Å². The summed E-state index contributed by atoms with van der Waals surface area (Å²) in [7, 11) is -1.73. The highest BCUT2D eigenvalue weighted by Gasteiger charge is 2.28. The van der Waals surface area contributed by atoms with Crippen LogP contribution in [0.2, 0.25) is 24.7 Å². The zero-order chi connectivity index (χ0) is 19.3. The summed E-state index contributed by atoms with van der Waals surface area (Å²) in [4.78, 5) is 21.1. The van der Waals surface area contributed by atoms with Gasteiger partial charge in [0.25, 0.3) is 0 Å². The van der Waals surface area contributed by atoms with Gasteiger partial charge in [-0.3, -0.25) is 4.90 Å². The zero-order valence-electron chi connectivity index (χ0n) is 15.6. The second-order valence-electron chi connectivity index (χ2n) is 8.02. The molecular formula is C20H22ClN3O2Si. The number of aryl methyl sites for hydroxylation is 1. The Hall–Kier alpha value is -2.31. The second-order valence-corrected chi connectivity index (χ2v) is 13.4. The molecule has 1 aliphatic rings. The van der Waals surface area contributed by atoms with Gasteiger partial charge in [0.2, 0.25) is 0 Å². The Balaban J connectivity index is 2.00. The molecule has 0 saturated carbocycles. The predicted octanol–water partition coefficient (Wildman–Crippen LogP) is 4.86. The van der Waals surface area contributed by atoms with Crippen LogP contribution < -0.4 is 10.2 Å². The first-order chi connectivity index (χ1) is 12.8. The summed E-state index contributed by atoms with van der Waals surface area (Å²) in [5, 5.41) is 12.3. The van der Waals surface area contributed by atoms with Gasteiger partial charge in [-0.25, -0.2) is 9.78 Å². The smallest absolute Gasteiger partial charge is 0.411 e. The minimum absolute atomic E-state index is 0.531. The number of carbonyl (C=O) groups is 1. The van der Waals surface area contributed by atoms with Crippen molar-refractivity contribution >= 4 is 47.8 Å². The fraction of sp³-hybridized carbons (Fsp3) is 0.300. The van der Waals surface area contributed by atoms with Crippen LogP contribution in [-0.2, 0) is 6.42 Å². The first-order valence-electron chi connectivity index (χ1n) is 9.08. The highest BCUT2D eigenvalue weighted by atomic mass is 35.5. The summed E-state index contributed by atoms with van der Waals surface area (Å²) in [5.74, 6) is 0. The molecule has 0 spiro atoms. The molecule has 27 heavy (non-hydrogen) atoms. The molecule has 1 amide bonds. The molecule has 0 unspecified atom stereocenters. The molecule has 0 bridgehead atoms. The quantitative estimate of drug-likeness (QED) is 0.604. The molecule has 1 aliphatic heterocycles. The van der Waals surface area contributed by atoms with E-state index >= 15 is 0 Å². The van der Waals surface area contributed by atoms with Crippen LogP contribution in [-0.4, -0.2) is 35.8 Å². The number of H-pyrrole nitrogens is 1. The number of anilines is 1. The topological polar surface area (TPSA) is 69.2 Å². The number of nitrogens with zero attached hydrogens (tertiary/aromatic N) is 2. The summed E-state index contributed by atoms with van der Waals surface area (Å²) in [5.41, 5.74) is 4.68. The average Bonchev–Trinajstić information content (AvgIpc) is 3.02. The van der Waals surface area contributed by atoms with Crippen molar-refractivity contribution < 1.29 is 9.90 Å². The minimum atomic E-state index is -1.73. The maximum atomic E-state index is 11.7. The molecular weight excluding hydrogens is 378 g/mol. The van der Waals surface area contributed by atoms with E-state index in [0.29, 0.717) is 11.6 Å². The number of aromatic nitrogens is 2. The number of fused-ring (bicyclic) bond motifs is 2. The lowest BCUT2D eigenvalue weighted by Crippen LogP contribution is -2.40. The highest BCUT2D eigenvalue weighted by molar-refractivity contribution is 6.89. The van der Waals surface area contributed by atoms with Crippen LogP contribution in [0.25, 0.3) is 22.2 Å². The fourth-order valence-corrected chi connectivity index (χ4v) is 5.61. The van der Waals surface area contributed by atoms with Crippen molar-refractivity contribution in [2.75, 3.05) is 11.4 Å². The van der Waals surface area contributed by atoms with Gasteiger partial charge in [0.15, 0.2) is 0 Å². The molecule has 0 atom stereocenters. The molecule has 1 aromatic carbocycles. The minimum Gasteiger partial charge on any atom is -0.465 e. The predicted molar refractivity (Wildman–Crippen MR) is 113 cm³/mol. The Bertz CT molecular complexity index is 1060. The Morgan fingerprint density at radius 1 is 1.30 bits per heavy atom. The van der Waals surface area contributed by atoms with Crippen LogP contribution in [0.1, 0.15) is 12.0 Å². The van der Waals surface area contributed by atoms with Crippen LogP contribution in [0.5, 0.6) is 0 Å². The van der Waals surface area contributed by atoms with Gasteiger partial charge < -0.3 is 10.1 Å². The highest BCUT2D eigenvalue weighted by Crippen LogP contribution is 2.37. The molecule has 0 radical (unpaired) electrons. The van der Waals surface area contributed by atoms with Gasteiger partial charge in [0.1, 0.15) is 5.65 Å². The van der Waals surface area contributed by atoms with Crippen molar-refractivity contribution in [3.05, 3.63) is 41.0 Å². The van der Waals surface area contributed by atoms with Crippen molar-refractivity contribution in [2.45, 2.75) is 32.5 Å². The van der Waals surface area contributed by atoms with Gasteiger partial charge >= 0.3 is 6.09 Å². The molecule has 0 saturated heterocycles. The number of rotatable bonds is 2. The van der Waals surface area contributed by atoms with Crippen molar-refractivity contribution in [3.8, 4) is 11.1 Å². The summed E-state index contributed by atoms with van der Waals surface area (Å²) >= 11 is 6.55. The number of nitrogens with one attached hydrogen (secondary N) is 1. The second kappa shape index (κ2) is 6.39. The van der Waals surface area contributed by atoms with E-state index < -0.39 is 14.2 Å². The first-order valence-corrected chi connectivity index (χ1v) is 13.0. The monoisotopic (exact) mass is 399 g/mol. The van der Waals surface area contributed by atoms with E-state index in [1.165, 1.54) is 10.2 Å². The van der Waals surface area contributed by atoms with Gasteiger partial charge in [0, 0.05) is 29.0 Å². The van der Waals surface area contributed by atoms with Crippen molar-refractivity contribution in [3.63, 3.8) is 0 Å². The maximum Gasteiger partial charge on any atom is 0.411 e. The summed E-state index contributed by atoms with van der Waals surface area (Å²) in [6, 6.07) is 7.94. The number of carboxylic acid groups (broad SMARTS) is 1. The van der Waals surface area contributed by atoms with Crippen LogP contribution in [0.4, 0.5) is 10.5 Å². The van der Waals surface area contributed by atoms with E-state index in [1.54, 1.807) is 12.3 Å². The lowest BCUT2D eigenvalue weighted by atomic mass is 9.97. The molecule has 0 aliphatic carbocycles. The molecule has 3 aromatic rings. The van der Waals surface area contributed by atoms with Crippen molar-refractivity contribution in [1.29, 1.82) is 0 Å². The third kappa shape index (κ3) is 3.02. The summed E-state index contributed by atoms with van der Waals surface area (Å²) < 4.78 is 0. The lowest BCUT2D eigenvalue weighted by Gasteiger charge is -2.28. The normalized spacial score (nSPS) is 14.4. The first kappa shape index (κ1) is 18.1. The van der Waals surface area contributed by atoms with Gasteiger partial charge in [0.05, 0.1) is 18.8 Å². The molecule has 140 valence electrons. The maximum absolute atomic E-state index is 11.7. The van der Waals surface area contributed by atoms with E-state index in [1.807, 2.05) is 6.07 Å². The van der Waals surface area contributed by atoms with E-state index in [-0.39, 0.29) is 0 Å². The lowest BCUT2D eigenvalue weighted by molar-refractivity contribution is 0.201. The Labute approximate surface area is 164 Å². The van der Waals surface area contributed by atoms with Crippen LogP contribution in [0.15, 0.2) is 30.5 Å². The molecule has 2 aromatic heterocycles. The number of hydrogen-bond donors (Lipinski definition) is 2. The SMILES string of the molecule is C[Si](C)(C)c1[nH]c2nccc(Cl)c2c1-c1ccc2c(c1)N(C(=O)O)CCC2. The number of aromatic amines is 1. The van der Waals surface area contributed by atoms with E-state index in [2.05, 4.69) is 41.7 Å². The number of amides is 1. The summed E-state index contributed by atoms with van der Waals surface area (Å²) in [6.45, 7) is 7.36.